The fourth-order valence-corrected chi connectivity index (χ4v) is 5.57. The van der Waals surface area contributed by atoms with E-state index in [1.54, 1.807) is 29.7 Å². The van der Waals surface area contributed by atoms with Crippen molar-refractivity contribution >= 4 is 24.9 Å². The second kappa shape index (κ2) is 8.34. The number of cyclic esters (lactones) is 1. The number of carbonyl (C=O) groups is 1. The van der Waals surface area contributed by atoms with Crippen LogP contribution in [0.1, 0.15) is 42.5 Å². The first-order valence-electron chi connectivity index (χ1n) is 11.1. The van der Waals surface area contributed by atoms with Gasteiger partial charge in [-0.2, -0.15) is 0 Å². The Hall–Kier alpha value is -3.00. The summed E-state index contributed by atoms with van der Waals surface area (Å²) in [7, 11) is -0.900. The van der Waals surface area contributed by atoms with Gasteiger partial charge in [-0.1, -0.05) is 13.8 Å². The molecule has 0 fully saturated rings. The van der Waals surface area contributed by atoms with Gasteiger partial charge in [0.15, 0.2) is 5.60 Å². The molecule has 10 heteroatoms. The van der Waals surface area contributed by atoms with Crippen LogP contribution < -0.4 is 10.1 Å². The Kier molecular flexibility index (Phi) is 5.59. The van der Waals surface area contributed by atoms with Crippen molar-refractivity contribution in [1.82, 2.24) is 9.55 Å². The van der Waals surface area contributed by atoms with E-state index in [4.69, 9.17) is 19.0 Å². The second-order valence-electron chi connectivity index (χ2n) is 8.46. The first-order valence-corrected chi connectivity index (χ1v) is 12.7. The third-order valence-corrected chi connectivity index (χ3v) is 7.61. The molecule has 0 saturated heterocycles. The molecule has 178 valence electrons. The third-order valence-electron chi connectivity index (χ3n) is 6.62. The topological polar surface area (TPSA) is 117 Å². The number of pyridine rings is 2. The second-order valence-corrected chi connectivity index (χ2v) is 9.70. The summed E-state index contributed by atoms with van der Waals surface area (Å²) in [6.07, 6.45) is 0.806. The van der Waals surface area contributed by atoms with Gasteiger partial charge in [0.1, 0.15) is 18.7 Å². The number of carbonyl (C=O) groups excluding carboxylic acids is 1. The van der Waals surface area contributed by atoms with Crippen LogP contribution >= 0.6 is 8.03 Å². The van der Waals surface area contributed by atoms with Crippen molar-refractivity contribution < 1.29 is 28.5 Å². The maximum atomic E-state index is 13.4. The summed E-state index contributed by atoms with van der Waals surface area (Å²) < 4.78 is 29.2. The summed E-state index contributed by atoms with van der Waals surface area (Å²) in [4.78, 5) is 30.6. The minimum Gasteiger partial charge on any atom is -0.458 e. The number of fused-ring (bicyclic) bond motifs is 5. The molecule has 9 nitrogen and oxygen atoms in total. The van der Waals surface area contributed by atoms with Crippen molar-refractivity contribution in [3.8, 4) is 17.1 Å². The first kappa shape index (κ1) is 22.8. The standard InChI is InChI=1S/C24H25N2O7P/c1-4-14-15-8-13(33-34(30)12-31-3)6-7-19(15)25-21-16(14)10-26-20(21)9-18-17(22(26)27)11-32-23(28)24(18,29)5-2/h6-9,29,34H,4-5,10-12H2,1-3H3/t24-/m0/s1. The first-order chi connectivity index (χ1) is 16.3. The fourth-order valence-electron chi connectivity index (χ4n) is 4.89. The normalized spacial score (nSPS) is 19.4. The van der Waals surface area contributed by atoms with Gasteiger partial charge in [-0.15, -0.1) is 0 Å². The molecule has 0 spiro atoms. The van der Waals surface area contributed by atoms with Gasteiger partial charge in [0.25, 0.3) is 13.6 Å². The maximum Gasteiger partial charge on any atom is 0.343 e. The number of aliphatic hydroxyl groups is 1. The zero-order chi connectivity index (χ0) is 24.2. The third kappa shape index (κ3) is 3.30. The van der Waals surface area contributed by atoms with E-state index < -0.39 is 19.6 Å². The zero-order valence-electron chi connectivity index (χ0n) is 19.1. The minimum atomic E-state index is -2.37. The lowest BCUT2D eigenvalue weighted by Crippen LogP contribution is -2.44. The highest BCUT2D eigenvalue weighted by Crippen LogP contribution is 2.41. The van der Waals surface area contributed by atoms with E-state index in [9.17, 15) is 19.3 Å². The van der Waals surface area contributed by atoms with Crippen LogP contribution in [0.15, 0.2) is 29.1 Å². The summed E-state index contributed by atoms with van der Waals surface area (Å²) >= 11 is 0. The number of aryl methyl sites for hydroxylation is 1. The molecule has 0 amide bonds. The smallest absolute Gasteiger partial charge is 0.343 e. The molecular weight excluding hydrogens is 459 g/mol. The highest BCUT2D eigenvalue weighted by atomic mass is 31.1. The Morgan fingerprint density at radius 2 is 2.03 bits per heavy atom. The van der Waals surface area contributed by atoms with Gasteiger partial charge in [0.05, 0.1) is 29.0 Å². The lowest BCUT2D eigenvalue weighted by atomic mass is 9.86. The summed E-state index contributed by atoms with van der Waals surface area (Å²) in [5, 5.41) is 11.9. The molecule has 5 rings (SSSR count). The number of nitrogens with zero attached hydrogens (tertiary/aromatic N) is 2. The predicted octanol–water partition coefficient (Wildman–Crippen LogP) is 3.10. The number of hydrogen-bond acceptors (Lipinski definition) is 8. The van der Waals surface area contributed by atoms with Crippen LogP contribution in [0.5, 0.6) is 5.75 Å². The molecule has 0 saturated carbocycles. The molecule has 1 N–H and O–H groups in total. The van der Waals surface area contributed by atoms with E-state index in [1.807, 2.05) is 13.0 Å². The quantitative estimate of drug-likeness (QED) is 0.328. The number of hydrogen-bond donors (Lipinski definition) is 1. The SMILES string of the molecule is CCc1c2c(nc3ccc(O[PH](=O)COC)cc13)-c1cc3c(c(=O)n1C2)COC(=O)[C@]3(O)CC. The molecule has 2 atom stereocenters. The summed E-state index contributed by atoms with van der Waals surface area (Å²) in [6, 6.07) is 7.03. The van der Waals surface area contributed by atoms with E-state index in [0.29, 0.717) is 46.7 Å². The molecule has 0 radical (unpaired) electrons. The van der Waals surface area contributed by atoms with Crippen LogP contribution in [0, 0.1) is 0 Å². The number of benzene rings is 1. The molecule has 2 aliphatic rings. The Labute approximate surface area is 196 Å². The number of ether oxygens (including phenoxy) is 2. The van der Waals surface area contributed by atoms with Crippen LogP contribution in [0.2, 0.25) is 0 Å². The monoisotopic (exact) mass is 484 g/mol. The highest BCUT2D eigenvalue weighted by Gasteiger charge is 2.45. The van der Waals surface area contributed by atoms with Gasteiger partial charge >= 0.3 is 5.97 Å². The van der Waals surface area contributed by atoms with Gasteiger partial charge in [0, 0.05) is 23.6 Å². The van der Waals surface area contributed by atoms with Gasteiger partial charge in [-0.05, 0) is 42.7 Å². The van der Waals surface area contributed by atoms with Crippen LogP contribution in [-0.2, 0) is 44.0 Å². The largest absolute Gasteiger partial charge is 0.458 e. The molecule has 4 heterocycles. The van der Waals surface area contributed by atoms with Crippen molar-refractivity contribution in [2.75, 3.05) is 13.5 Å². The Bertz CT molecular complexity index is 1430. The summed E-state index contributed by atoms with van der Waals surface area (Å²) in [6.45, 7) is 3.86. The van der Waals surface area contributed by atoms with Crippen LogP contribution in [0.25, 0.3) is 22.3 Å². The molecule has 1 aromatic carbocycles. The molecule has 3 aromatic rings. The average molecular weight is 484 g/mol. The fraction of sp³-hybridized carbons (Fsp3) is 0.375. The predicted molar refractivity (Wildman–Crippen MR) is 125 cm³/mol. The lowest BCUT2D eigenvalue weighted by molar-refractivity contribution is -0.172. The summed E-state index contributed by atoms with van der Waals surface area (Å²) in [5.74, 6) is -0.275. The van der Waals surface area contributed by atoms with Crippen molar-refractivity contribution in [1.29, 1.82) is 0 Å². The number of rotatable bonds is 6. The van der Waals surface area contributed by atoms with Gasteiger partial charge in [-0.25, -0.2) is 9.78 Å². The van der Waals surface area contributed by atoms with E-state index in [1.165, 1.54) is 7.11 Å². The molecule has 0 aliphatic carbocycles. The van der Waals surface area contributed by atoms with E-state index in [2.05, 4.69) is 0 Å². The Morgan fingerprint density at radius 3 is 2.74 bits per heavy atom. The maximum absolute atomic E-state index is 13.4. The Balaban J connectivity index is 1.69. The minimum absolute atomic E-state index is 0.0327. The number of aromatic nitrogens is 2. The lowest BCUT2D eigenvalue weighted by Gasteiger charge is -2.31. The van der Waals surface area contributed by atoms with E-state index in [-0.39, 0.29) is 24.9 Å². The van der Waals surface area contributed by atoms with E-state index >= 15 is 0 Å². The number of esters is 1. The van der Waals surface area contributed by atoms with Crippen LogP contribution in [0.3, 0.4) is 0 Å². The van der Waals surface area contributed by atoms with Crippen LogP contribution in [-0.4, -0.2) is 34.1 Å². The molecule has 2 aliphatic heterocycles. The molecule has 0 bridgehead atoms. The van der Waals surface area contributed by atoms with Crippen molar-refractivity contribution in [3.63, 3.8) is 0 Å². The van der Waals surface area contributed by atoms with Gasteiger partial charge in [0.2, 0.25) is 0 Å². The van der Waals surface area contributed by atoms with Crippen LogP contribution in [0.4, 0.5) is 0 Å². The van der Waals surface area contributed by atoms with Gasteiger partial charge in [-0.3, -0.25) is 9.36 Å². The molecule has 1 unspecified atom stereocenters. The number of methoxy groups -OCH3 is 1. The van der Waals surface area contributed by atoms with E-state index in [0.717, 1.165) is 16.5 Å². The molecule has 34 heavy (non-hydrogen) atoms. The van der Waals surface area contributed by atoms with Crippen molar-refractivity contribution in [2.24, 2.45) is 0 Å². The van der Waals surface area contributed by atoms with Crippen molar-refractivity contribution in [2.45, 2.75) is 45.4 Å². The molecule has 2 aromatic heterocycles. The Morgan fingerprint density at radius 1 is 1.24 bits per heavy atom. The average Bonchev–Trinajstić information content (AvgIpc) is 3.19. The molecular formula is C24H25N2O7P. The summed E-state index contributed by atoms with van der Waals surface area (Å²) in [5.41, 5.74) is 2.28. The van der Waals surface area contributed by atoms with Gasteiger partial charge < -0.3 is 23.7 Å². The van der Waals surface area contributed by atoms with Crippen molar-refractivity contribution in [3.05, 3.63) is 56.9 Å². The zero-order valence-corrected chi connectivity index (χ0v) is 20.1. The highest BCUT2D eigenvalue weighted by molar-refractivity contribution is 7.39.